The van der Waals surface area contributed by atoms with Gasteiger partial charge in [0.05, 0.1) is 0 Å². The van der Waals surface area contributed by atoms with Gasteiger partial charge in [-0.2, -0.15) is 0 Å². The van der Waals surface area contributed by atoms with Crippen molar-refractivity contribution in [3.63, 3.8) is 0 Å². The quantitative estimate of drug-likeness (QED) is 0.707. The number of nitrogens with zero attached hydrogens (tertiary/aromatic N) is 1. The third kappa shape index (κ3) is 5.97. The molecule has 1 N–H and O–H groups in total. The van der Waals surface area contributed by atoms with Crippen molar-refractivity contribution in [2.45, 2.75) is 45.6 Å². The lowest BCUT2D eigenvalue weighted by Gasteiger charge is -2.26. The van der Waals surface area contributed by atoms with Crippen molar-refractivity contribution in [1.82, 2.24) is 10.2 Å². The molecule has 0 saturated carbocycles. The fourth-order valence-electron chi connectivity index (χ4n) is 1.44. The van der Waals surface area contributed by atoms with Gasteiger partial charge in [-0.1, -0.05) is 13.3 Å². The Hall–Kier alpha value is -0.570. The van der Waals surface area contributed by atoms with Crippen molar-refractivity contribution in [3.8, 4) is 0 Å². The highest BCUT2D eigenvalue weighted by Gasteiger charge is 2.15. The Labute approximate surface area is 87.9 Å². The average Bonchev–Trinajstić information content (AvgIpc) is 2.03. The van der Waals surface area contributed by atoms with E-state index in [0.717, 1.165) is 13.0 Å². The second-order valence-corrected chi connectivity index (χ2v) is 4.60. The Morgan fingerprint density at radius 1 is 1.36 bits per heavy atom. The maximum atomic E-state index is 11.3. The summed E-state index contributed by atoms with van der Waals surface area (Å²) in [6, 6.07) is 0. The number of carbonyl (C=O) groups is 1. The molecular weight excluding hydrogens is 176 g/mol. The fraction of sp³-hybridized carbons (Fsp3) is 0.909. The highest BCUT2D eigenvalue weighted by Crippen LogP contribution is 2.10. The van der Waals surface area contributed by atoms with Crippen LogP contribution in [0, 0.1) is 0 Å². The van der Waals surface area contributed by atoms with E-state index in [4.69, 9.17) is 0 Å². The molecule has 0 aromatic carbocycles. The predicted molar refractivity (Wildman–Crippen MR) is 60.3 cm³/mol. The molecule has 0 bridgehead atoms. The van der Waals surface area contributed by atoms with Crippen LogP contribution in [0.4, 0.5) is 0 Å². The molecule has 1 amide bonds. The molecule has 0 atom stereocenters. The SMILES string of the molecule is CCCC(C)(C)NCCC(=O)N(C)C. The van der Waals surface area contributed by atoms with E-state index in [9.17, 15) is 4.79 Å². The van der Waals surface area contributed by atoms with E-state index >= 15 is 0 Å². The van der Waals surface area contributed by atoms with E-state index in [1.54, 1.807) is 19.0 Å². The molecule has 0 rings (SSSR count). The Kier molecular flexibility index (Phi) is 5.77. The molecule has 0 aliphatic heterocycles. The van der Waals surface area contributed by atoms with Crippen LogP contribution in [0.2, 0.25) is 0 Å². The summed E-state index contributed by atoms with van der Waals surface area (Å²) in [5.74, 6) is 0.185. The lowest BCUT2D eigenvalue weighted by molar-refractivity contribution is -0.128. The first kappa shape index (κ1) is 13.4. The molecule has 14 heavy (non-hydrogen) atoms. The molecule has 0 aliphatic rings. The zero-order chi connectivity index (χ0) is 11.2. The number of nitrogens with one attached hydrogen (secondary N) is 1. The van der Waals surface area contributed by atoms with Crippen LogP contribution in [0.3, 0.4) is 0 Å². The largest absolute Gasteiger partial charge is 0.349 e. The van der Waals surface area contributed by atoms with E-state index in [-0.39, 0.29) is 11.4 Å². The van der Waals surface area contributed by atoms with Gasteiger partial charge in [-0.15, -0.1) is 0 Å². The summed E-state index contributed by atoms with van der Waals surface area (Å²) in [5, 5.41) is 3.40. The fourth-order valence-corrected chi connectivity index (χ4v) is 1.44. The monoisotopic (exact) mass is 200 g/mol. The number of rotatable bonds is 6. The molecule has 0 aromatic heterocycles. The van der Waals surface area contributed by atoms with Gasteiger partial charge < -0.3 is 10.2 Å². The molecule has 0 heterocycles. The second kappa shape index (κ2) is 6.02. The van der Waals surface area contributed by atoms with Crippen LogP contribution in [0.1, 0.15) is 40.0 Å². The molecule has 3 heteroatoms. The van der Waals surface area contributed by atoms with Crippen LogP contribution in [-0.4, -0.2) is 37.0 Å². The normalized spacial score (nSPS) is 11.5. The van der Waals surface area contributed by atoms with Gasteiger partial charge in [0.2, 0.25) is 5.91 Å². The van der Waals surface area contributed by atoms with E-state index in [1.165, 1.54) is 6.42 Å². The Morgan fingerprint density at radius 3 is 2.36 bits per heavy atom. The zero-order valence-electron chi connectivity index (χ0n) is 10.2. The molecule has 0 spiro atoms. The van der Waals surface area contributed by atoms with E-state index in [1.807, 2.05) is 0 Å². The molecule has 0 fully saturated rings. The third-order valence-corrected chi connectivity index (χ3v) is 2.32. The highest BCUT2D eigenvalue weighted by molar-refractivity contribution is 5.75. The number of hydrogen-bond donors (Lipinski definition) is 1. The predicted octanol–water partition coefficient (Wildman–Crippen LogP) is 1.63. The lowest BCUT2D eigenvalue weighted by atomic mass is 9.99. The summed E-state index contributed by atoms with van der Waals surface area (Å²) >= 11 is 0. The van der Waals surface area contributed by atoms with Crippen LogP contribution in [0.15, 0.2) is 0 Å². The van der Waals surface area contributed by atoms with E-state index in [2.05, 4.69) is 26.1 Å². The summed E-state index contributed by atoms with van der Waals surface area (Å²) in [5.41, 5.74) is 0.154. The van der Waals surface area contributed by atoms with Gasteiger partial charge in [0.25, 0.3) is 0 Å². The summed E-state index contributed by atoms with van der Waals surface area (Å²) in [6.45, 7) is 7.30. The van der Waals surface area contributed by atoms with Crippen molar-refractivity contribution in [2.24, 2.45) is 0 Å². The van der Waals surface area contributed by atoms with Crippen LogP contribution >= 0.6 is 0 Å². The lowest BCUT2D eigenvalue weighted by Crippen LogP contribution is -2.41. The van der Waals surface area contributed by atoms with Crippen LogP contribution in [0.5, 0.6) is 0 Å². The Balaban J connectivity index is 3.68. The molecule has 84 valence electrons. The van der Waals surface area contributed by atoms with Gasteiger partial charge in [-0.05, 0) is 20.3 Å². The maximum Gasteiger partial charge on any atom is 0.223 e. The molecule has 0 radical (unpaired) electrons. The van der Waals surface area contributed by atoms with Crippen molar-refractivity contribution >= 4 is 5.91 Å². The molecular formula is C11H24N2O. The van der Waals surface area contributed by atoms with Gasteiger partial charge >= 0.3 is 0 Å². The first-order valence-corrected chi connectivity index (χ1v) is 5.34. The first-order valence-electron chi connectivity index (χ1n) is 5.34. The average molecular weight is 200 g/mol. The van der Waals surface area contributed by atoms with Crippen LogP contribution in [-0.2, 0) is 4.79 Å². The maximum absolute atomic E-state index is 11.3. The summed E-state index contributed by atoms with van der Waals surface area (Å²) in [4.78, 5) is 12.9. The minimum Gasteiger partial charge on any atom is -0.349 e. The molecule has 3 nitrogen and oxygen atoms in total. The minimum atomic E-state index is 0.154. The highest BCUT2D eigenvalue weighted by atomic mass is 16.2. The molecule has 0 aromatic rings. The molecule has 0 unspecified atom stereocenters. The molecule has 0 aliphatic carbocycles. The number of hydrogen-bond acceptors (Lipinski definition) is 2. The van der Waals surface area contributed by atoms with Gasteiger partial charge in [0, 0.05) is 32.6 Å². The second-order valence-electron chi connectivity index (χ2n) is 4.60. The third-order valence-electron chi connectivity index (χ3n) is 2.32. The van der Waals surface area contributed by atoms with Crippen molar-refractivity contribution < 1.29 is 4.79 Å². The summed E-state index contributed by atoms with van der Waals surface area (Å²) in [6.07, 6.45) is 2.89. The Bertz CT molecular complexity index is 176. The van der Waals surface area contributed by atoms with Crippen molar-refractivity contribution in [2.75, 3.05) is 20.6 Å². The summed E-state index contributed by atoms with van der Waals surface area (Å²) in [7, 11) is 3.58. The van der Waals surface area contributed by atoms with Crippen LogP contribution < -0.4 is 5.32 Å². The number of carbonyl (C=O) groups excluding carboxylic acids is 1. The van der Waals surface area contributed by atoms with Crippen molar-refractivity contribution in [1.29, 1.82) is 0 Å². The minimum absolute atomic E-state index is 0.154. The topological polar surface area (TPSA) is 32.3 Å². The van der Waals surface area contributed by atoms with E-state index in [0.29, 0.717) is 6.42 Å². The van der Waals surface area contributed by atoms with Crippen LogP contribution in [0.25, 0.3) is 0 Å². The van der Waals surface area contributed by atoms with Gasteiger partial charge in [0.1, 0.15) is 0 Å². The van der Waals surface area contributed by atoms with Gasteiger partial charge in [0.15, 0.2) is 0 Å². The smallest absolute Gasteiger partial charge is 0.223 e. The van der Waals surface area contributed by atoms with Gasteiger partial charge in [-0.3, -0.25) is 4.79 Å². The zero-order valence-corrected chi connectivity index (χ0v) is 10.2. The standard InChI is InChI=1S/C11H24N2O/c1-6-8-11(2,3)12-9-7-10(14)13(4)5/h12H,6-9H2,1-5H3. The van der Waals surface area contributed by atoms with Crippen molar-refractivity contribution in [3.05, 3.63) is 0 Å². The van der Waals surface area contributed by atoms with E-state index < -0.39 is 0 Å². The Morgan fingerprint density at radius 2 is 1.93 bits per heavy atom. The van der Waals surface area contributed by atoms with Gasteiger partial charge in [-0.25, -0.2) is 0 Å². The number of amides is 1. The first-order chi connectivity index (χ1) is 6.39. The summed E-state index contributed by atoms with van der Waals surface area (Å²) < 4.78 is 0. The molecule has 0 saturated heterocycles.